The molecule has 1 saturated heterocycles. The summed E-state index contributed by atoms with van der Waals surface area (Å²) >= 11 is 0. The van der Waals surface area contributed by atoms with Gasteiger partial charge in [-0.15, -0.1) is 0 Å². The minimum Gasteiger partial charge on any atom is -0.371 e. The number of hydrogen-bond acceptors (Lipinski definition) is 4. The van der Waals surface area contributed by atoms with Gasteiger partial charge in [-0.3, -0.25) is 0 Å². The summed E-state index contributed by atoms with van der Waals surface area (Å²) in [7, 11) is 1.72. The molecule has 1 aliphatic carbocycles. The predicted octanol–water partition coefficient (Wildman–Crippen LogP) is 5.16. The molecular weight excluding hydrogens is 315 g/mol. The van der Waals surface area contributed by atoms with E-state index in [0.717, 1.165) is 13.0 Å². The first-order valence-corrected chi connectivity index (χ1v) is 10.3. The summed E-state index contributed by atoms with van der Waals surface area (Å²) in [5.74, 6) is 1.20. The van der Waals surface area contributed by atoms with E-state index in [2.05, 4.69) is 20.2 Å². The molecule has 2 aliphatic rings. The highest BCUT2D eigenvalue weighted by Gasteiger charge is 2.31. The predicted molar refractivity (Wildman–Crippen MR) is 102 cm³/mol. The highest BCUT2D eigenvalue weighted by molar-refractivity contribution is 5.51. The molecule has 1 aliphatic heterocycles. The van der Waals surface area contributed by atoms with Crippen LogP contribution in [0, 0.1) is 11.7 Å². The van der Waals surface area contributed by atoms with Crippen LogP contribution in [0.5, 0.6) is 0 Å². The Balaban J connectivity index is 1.88. The third-order valence-electron chi connectivity index (χ3n) is 6.02. The molecule has 2 heterocycles. The molecule has 1 aromatic heterocycles. The maximum atomic E-state index is 14.9. The summed E-state index contributed by atoms with van der Waals surface area (Å²) in [6.45, 7) is 0.915. The molecule has 1 N–H and O–H groups in total. The Morgan fingerprint density at radius 2 is 1.56 bits per heavy atom. The number of rotatable bonds is 3. The second kappa shape index (κ2) is 9.35. The largest absolute Gasteiger partial charge is 0.371 e. The highest BCUT2D eigenvalue weighted by Crippen LogP contribution is 2.35. The van der Waals surface area contributed by atoms with Gasteiger partial charge in [0, 0.05) is 19.6 Å². The van der Waals surface area contributed by atoms with Crippen LogP contribution in [0.1, 0.15) is 77.0 Å². The average Bonchev–Trinajstić information content (AvgIpc) is 2.57. The maximum Gasteiger partial charge on any atom is 0.207 e. The second-order valence-electron chi connectivity index (χ2n) is 7.68. The fraction of sp³-hybridized carbons (Fsp3) is 0.800. The SMILES string of the molecule is CNc1ncnc(N2CCCCCCC2C2CCCCCCC2)c1F. The molecule has 1 saturated carbocycles. The monoisotopic (exact) mass is 348 g/mol. The Bertz CT molecular complexity index is 528. The fourth-order valence-electron chi connectivity index (χ4n) is 4.67. The minimum absolute atomic E-state index is 0.290. The molecule has 1 atom stereocenters. The lowest BCUT2D eigenvalue weighted by atomic mass is 9.82. The lowest BCUT2D eigenvalue weighted by Crippen LogP contribution is -2.43. The third kappa shape index (κ3) is 4.62. The van der Waals surface area contributed by atoms with Gasteiger partial charge in [0.1, 0.15) is 6.33 Å². The minimum atomic E-state index is -0.290. The van der Waals surface area contributed by atoms with Crippen molar-refractivity contribution in [1.82, 2.24) is 9.97 Å². The molecule has 5 heteroatoms. The van der Waals surface area contributed by atoms with Gasteiger partial charge in [-0.1, -0.05) is 51.4 Å². The molecule has 0 bridgehead atoms. The van der Waals surface area contributed by atoms with E-state index in [4.69, 9.17) is 0 Å². The van der Waals surface area contributed by atoms with E-state index < -0.39 is 0 Å². The van der Waals surface area contributed by atoms with Gasteiger partial charge in [-0.2, -0.15) is 4.39 Å². The van der Waals surface area contributed by atoms with E-state index >= 15 is 0 Å². The lowest BCUT2D eigenvalue weighted by molar-refractivity contribution is 0.284. The van der Waals surface area contributed by atoms with Crippen molar-refractivity contribution in [1.29, 1.82) is 0 Å². The van der Waals surface area contributed by atoms with Crippen LogP contribution in [0.3, 0.4) is 0 Å². The van der Waals surface area contributed by atoms with E-state index in [1.165, 1.54) is 77.0 Å². The first kappa shape index (κ1) is 18.4. The van der Waals surface area contributed by atoms with Crippen LogP contribution in [0.4, 0.5) is 16.0 Å². The fourth-order valence-corrected chi connectivity index (χ4v) is 4.67. The smallest absolute Gasteiger partial charge is 0.207 e. The Morgan fingerprint density at radius 3 is 2.28 bits per heavy atom. The summed E-state index contributed by atoms with van der Waals surface area (Å²) in [4.78, 5) is 10.7. The van der Waals surface area contributed by atoms with Crippen LogP contribution in [0.15, 0.2) is 6.33 Å². The van der Waals surface area contributed by atoms with Crippen molar-refractivity contribution in [3.63, 3.8) is 0 Å². The first-order chi connectivity index (χ1) is 12.3. The zero-order chi connectivity index (χ0) is 17.5. The summed E-state index contributed by atoms with van der Waals surface area (Å²) in [5, 5.41) is 2.86. The highest BCUT2D eigenvalue weighted by atomic mass is 19.1. The average molecular weight is 349 g/mol. The molecule has 4 nitrogen and oxygen atoms in total. The molecule has 140 valence electrons. The number of nitrogens with one attached hydrogen (secondary N) is 1. The zero-order valence-corrected chi connectivity index (χ0v) is 15.6. The van der Waals surface area contributed by atoms with Crippen molar-refractivity contribution in [2.24, 2.45) is 5.92 Å². The molecule has 0 radical (unpaired) electrons. The van der Waals surface area contributed by atoms with Crippen molar-refractivity contribution in [3.05, 3.63) is 12.1 Å². The normalized spacial score (nSPS) is 24.1. The standard InChI is InChI=1S/C20H33FN4/c1-22-19-18(21)20(24-15-23-19)25-14-10-6-5-9-13-17(25)16-11-7-3-2-4-8-12-16/h15-17H,2-14H2,1H3,(H,22,23,24). The summed E-state index contributed by atoms with van der Waals surface area (Å²) < 4.78 is 14.9. The van der Waals surface area contributed by atoms with Crippen LogP contribution in [0.25, 0.3) is 0 Å². The van der Waals surface area contributed by atoms with Crippen molar-refractivity contribution in [2.75, 3.05) is 23.8 Å². The van der Waals surface area contributed by atoms with Crippen molar-refractivity contribution >= 4 is 11.6 Å². The van der Waals surface area contributed by atoms with E-state index in [1.54, 1.807) is 7.05 Å². The van der Waals surface area contributed by atoms with Gasteiger partial charge in [-0.05, 0) is 31.6 Å². The molecular formula is C20H33FN4. The number of aromatic nitrogens is 2. The van der Waals surface area contributed by atoms with Crippen LogP contribution in [-0.2, 0) is 0 Å². The molecule has 1 aromatic rings. The number of hydrogen-bond donors (Lipinski definition) is 1. The molecule has 0 spiro atoms. The van der Waals surface area contributed by atoms with E-state index in [9.17, 15) is 4.39 Å². The molecule has 0 aromatic carbocycles. The second-order valence-corrected chi connectivity index (χ2v) is 7.68. The summed E-state index contributed by atoms with van der Waals surface area (Å²) in [6.07, 6.45) is 16.9. The molecule has 25 heavy (non-hydrogen) atoms. The van der Waals surface area contributed by atoms with Crippen molar-refractivity contribution in [3.8, 4) is 0 Å². The number of anilines is 2. The van der Waals surface area contributed by atoms with E-state index in [1.807, 2.05) is 0 Å². The molecule has 1 unspecified atom stereocenters. The Labute approximate surface area is 151 Å². The van der Waals surface area contributed by atoms with Gasteiger partial charge in [-0.25, -0.2) is 9.97 Å². The van der Waals surface area contributed by atoms with Gasteiger partial charge in [0.15, 0.2) is 11.6 Å². The number of nitrogens with zero attached hydrogens (tertiary/aromatic N) is 3. The number of halogens is 1. The van der Waals surface area contributed by atoms with Crippen LogP contribution in [0.2, 0.25) is 0 Å². The van der Waals surface area contributed by atoms with Gasteiger partial charge >= 0.3 is 0 Å². The van der Waals surface area contributed by atoms with Gasteiger partial charge in [0.25, 0.3) is 0 Å². The van der Waals surface area contributed by atoms with Gasteiger partial charge < -0.3 is 10.2 Å². The van der Waals surface area contributed by atoms with Crippen molar-refractivity contribution in [2.45, 2.75) is 83.1 Å². The van der Waals surface area contributed by atoms with Crippen LogP contribution < -0.4 is 10.2 Å². The zero-order valence-electron chi connectivity index (χ0n) is 15.6. The topological polar surface area (TPSA) is 41.1 Å². The first-order valence-electron chi connectivity index (χ1n) is 10.3. The van der Waals surface area contributed by atoms with Gasteiger partial charge in [0.2, 0.25) is 5.82 Å². The third-order valence-corrected chi connectivity index (χ3v) is 6.02. The Kier molecular flexibility index (Phi) is 6.88. The van der Waals surface area contributed by atoms with Crippen LogP contribution in [-0.4, -0.2) is 29.6 Å². The Hall–Kier alpha value is -1.39. The van der Waals surface area contributed by atoms with Gasteiger partial charge in [0.05, 0.1) is 0 Å². The maximum absolute atomic E-state index is 14.9. The molecule has 2 fully saturated rings. The molecule has 3 rings (SSSR count). The summed E-state index contributed by atoms with van der Waals surface area (Å²) in [5.41, 5.74) is 0. The summed E-state index contributed by atoms with van der Waals surface area (Å²) in [6, 6.07) is 0.424. The van der Waals surface area contributed by atoms with Crippen LogP contribution >= 0.6 is 0 Å². The van der Waals surface area contributed by atoms with E-state index in [-0.39, 0.29) is 5.82 Å². The van der Waals surface area contributed by atoms with E-state index in [0.29, 0.717) is 23.6 Å². The lowest BCUT2D eigenvalue weighted by Gasteiger charge is -2.40. The van der Waals surface area contributed by atoms with Crippen molar-refractivity contribution < 1.29 is 4.39 Å². The quantitative estimate of drug-likeness (QED) is 0.819. The Morgan fingerprint density at radius 1 is 0.920 bits per heavy atom. The molecule has 0 amide bonds.